The molecule has 3 N–H and O–H groups in total. The Bertz CT molecular complexity index is 378. The molecule has 2 heterocycles. The lowest BCUT2D eigenvalue weighted by molar-refractivity contribution is -0.0699. The Labute approximate surface area is 108 Å². The van der Waals surface area contributed by atoms with Crippen LogP contribution >= 0.6 is 0 Å². The van der Waals surface area contributed by atoms with Crippen LogP contribution in [0, 0.1) is 6.92 Å². The van der Waals surface area contributed by atoms with Gasteiger partial charge in [0, 0.05) is 19.1 Å². The van der Waals surface area contributed by atoms with Crippen LogP contribution in [0.1, 0.15) is 24.5 Å². The number of rotatable bonds is 4. The summed E-state index contributed by atoms with van der Waals surface area (Å²) in [5.41, 5.74) is 6.09. The second-order valence-corrected chi connectivity index (χ2v) is 4.92. The van der Waals surface area contributed by atoms with Crippen LogP contribution in [-0.2, 0) is 4.74 Å². The number of morpholine rings is 1. The Morgan fingerprint density at radius 2 is 2.33 bits per heavy atom. The first-order valence-corrected chi connectivity index (χ1v) is 6.40. The van der Waals surface area contributed by atoms with Crippen LogP contribution in [-0.4, -0.2) is 48.5 Å². The molecule has 5 nitrogen and oxygen atoms in total. The molecule has 1 saturated heterocycles. The van der Waals surface area contributed by atoms with E-state index in [1.807, 2.05) is 26.0 Å². The van der Waals surface area contributed by atoms with Crippen LogP contribution in [0.15, 0.2) is 16.5 Å². The number of aryl methyl sites for hydroxylation is 1. The number of hydrogen-bond donors (Lipinski definition) is 2. The summed E-state index contributed by atoms with van der Waals surface area (Å²) < 4.78 is 11.2. The first kappa shape index (κ1) is 13.5. The minimum Gasteiger partial charge on any atom is -0.465 e. The summed E-state index contributed by atoms with van der Waals surface area (Å²) in [4.78, 5) is 2.23. The van der Waals surface area contributed by atoms with E-state index in [4.69, 9.17) is 14.9 Å². The van der Waals surface area contributed by atoms with Gasteiger partial charge in [0.1, 0.15) is 11.5 Å². The number of ether oxygens (including phenoxy) is 1. The Kier molecular flexibility index (Phi) is 4.40. The van der Waals surface area contributed by atoms with E-state index in [9.17, 15) is 5.11 Å². The molecule has 18 heavy (non-hydrogen) atoms. The third-order valence-electron chi connectivity index (χ3n) is 3.32. The zero-order chi connectivity index (χ0) is 13.1. The molecule has 1 aromatic rings. The van der Waals surface area contributed by atoms with Crippen molar-refractivity contribution in [3.63, 3.8) is 0 Å². The predicted octanol–water partition coefficient (Wildman–Crippen LogP) is 0.669. The molecule has 0 saturated carbocycles. The monoisotopic (exact) mass is 254 g/mol. The number of aliphatic hydroxyl groups excluding tert-OH is 1. The molecule has 5 heteroatoms. The fourth-order valence-electron chi connectivity index (χ4n) is 2.49. The summed E-state index contributed by atoms with van der Waals surface area (Å²) >= 11 is 0. The summed E-state index contributed by atoms with van der Waals surface area (Å²) in [6.07, 6.45) is -0.129. The van der Waals surface area contributed by atoms with Gasteiger partial charge < -0.3 is 20.0 Å². The highest BCUT2D eigenvalue weighted by atomic mass is 16.5. The maximum Gasteiger partial charge on any atom is 0.122 e. The van der Waals surface area contributed by atoms with Crippen molar-refractivity contribution in [1.82, 2.24) is 4.90 Å². The summed E-state index contributed by atoms with van der Waals surface area (Å²) in [6.45, 7) is 6.06. The van der Waals surface area contributed by atoms with Crippen molar-refractivity contribution in [1.29, 1.82) is 0 Å². The topological polar surface area (TPSA) is 71.9 Å². The van der Waals surface area contributed by atoms with E-state index in [2.05, 4.69) is 4.90 Å². The van der Waals surface area contributed by atoms with Gasteiger partial charge in [0.2, 0.25) is 0 Å². The minimum atomic E-state index is -0.129. The van der Waals surface area contributed by atoms with E-state index in [1.165, 1.54) is 0 Å². The summed E-state index contributed by atoms with van der Waals surface area (Å²) in [7, 11) is 0. The summed E-state index contributed by atoms with van der Waals surface area (Å²) in [6, 6.07) is 3.94. The maximum absolute atomic E-state index is 9.20. The molecule has 1 aromatic heterocycles. The second-order valence-electron chi connectivity index (χ2n) is 4.92. The standard InChI is InChI=1S/C13H22N2O3/c1-9-3-4-12(18-9)13(10(2)14)15-5-6-17-11(7-15)8-16/h3-4,10-11,13,16H,5-8,14H2,1-2H3. The van der Waals surface area contributed by atoms with Crippen LogP contribution in [0.4, 0.5) is 0 Å². The van der Waals surface area contributed by atoms with Gasteiger partial charge in [-0.25, -0.2) is 0 Å². The van der Waals surface area contributed by atoms with Gasteiger partial charge in [-0.15, -0.1) is 0 Å². The molecule has 1 aliphatic heterocycles. The SMILES string of the molecule is Cc1ccc(C(C(C)N)N2CCOC(CO)C2)o1. The Morgan fingerprint density at radius 1 is 1.56 bits per heavy atom. The van der Waals surface area contributed by atoms with Crippen LogP contribution in [0.2, 0.25) is 0 Å². The third kappa shape index (κ3) is 2.92. The Morgan fingerprint density at radius 3 is 2.89 bits per heavy atom. The lowest BCUT2D eigenvalue weighted by Gasteiger charge is -2.38. The molecule has 1 aliphatic rings. The van der Waals surface area contributed by atoms with Gasteiger partial charge in [0.25, 0.3) is 0 Å². The first-order valence-electron chi connectivity index (χ1n) is 6.40. The first-order chi connectivity index (χ1) is 8.61. The van der Waals surface area contributed by atoms with Crippen molar-refractivity contribution >= 4 is 0 Å². The molecule has 0 aliphatic carbocycles. The number of furan rings is 1. The van der Waals surface area contributed by atoms with Crippen molar-refractivity contribution in [3.05, 3.63) is 23.7 Å². The molecule has 102 valence electrons. The Balaban J connectivity index is 2.14. The van der Waals surface area contributed by atoms with Crippen molar-refractivity contribution < 1.29 is 14.3 Å². The molecule has 1 fully saturated rings. The van der Waals surface area contributed by atoms with E-state index >= 15 is 0 Å². The maximum atomic E-state index is 9.20. The highest BCUT2D eigenvalue weighted by molar-refractivity contribution is 5.12. The zero-order valence-corrected chi connectivity index (χ0v) is 11.0. The highest BCUT2D eigenvalue weighted by Gasteiger charge is 2.31. The lowest BCUT2D eigenvalue weighted by Crippen LogP contribution is -2.49. The average molecular weight is 254 g/mol. The molecule has 3 unspecified atom stereocenters. The molecule has 3 atom stereocenters. The van der Waals surface area contributed by atoms with Crippen molar-refractivity contribution in [2.75, 3.05) is 26.3 Å². The predicted molar refractivity (Wildman–Crippen MR) is 68.2 cm³/mol. The second kappa shape index (κ2) is 5.84. The van der Waals surface area contributed by atoms with Gasteiger partial charge in [-0.05, 0) is 26.0 Å². The minimum absolute atomic E-state index is 0.0343. The van der Waals surface area contributed by atoms with Crippen LogP contribution < -0.4 is 5.73 Å². The van der Waals surface area contributed by atoms with Gasteiger partial charge in [-0.2, -0.15) is 0 Å². The fraction of sp³-hybridized carbons (Fsp3) is 0.692. The fourth-order valence-corrected chi connectivity index (χ4v) is 2.49. The molecule has 0 bridgehead atoms. The van der Waals surface area contributed by atoms with Crippen LogP contribution in [0.25, 0.3) is 0 Å². The van der Waals surface area contributed by atoms with Gasteiger partial charge in [0.05, 0.1) is 25.4 Å². The molecule has 0 amide bonds. The van der Waals surface area contributed by atoms with Crippen LogP contribution in [0.5, 0.6) is 0 Å². The molecule has 0 spiro atoms. The van der Waals surface area contributed by atoms with E-state index in [0.717, 1.165) is 18.1 Å². The van der Waals surface area contributed by atoms with Crippen molar-refractivity contribution in [2.24, 2.45) is 5.73 Å². The smallest absolute Gasteiger partial charge is 0.122 e. The van der Waals surface area contributed by atoms with E-state index in [1.54, 1.807) is 0 Å². The molecule has 0 radical (unpaired) electrons. The van der Waals surface area contributed by atoms with Gasteiger partial charge >= 0.3 is 0 Å². The van der Waals surface area contributed by atoms with E-state index in [0.29, 0.717) is 13.2 Å². The number of aliphatic hydroxyl groups is 1. The molecule has 0 aromatic carbocycles. The molecular weight excluding hydrogens is 232 g/mol. The van der Waals surface area contributed by atoms with Crippen LogP contribution in [0.3, 0.4) is 0 Å². The highest BCUT2D eigenvalue weighted by Crippen LogP contribution is 2.27. The molecule has 2 rings (SSSR count). The third-order valence-corrected chi connectivity index (χ3v) is 3.32. The van der Waals surface area contributed by atoms with E-state index in [-0.39, 0.29) is 24.8 Å². The van der Waals surface area contributed by atoms with Gasteiger partial charge in [0.15, 0.2) is 0 Å². The van der Waals surface area contributed by atoms with Gasteiger partial charge in [-0.1, -0.05) is 0 Å². The largest absolute Gasteiger partial charge is 0.465 e. The number of nitrogens with two attached hydrogens (primary N) is 1. The number of hydrogen-bond acceptors (Lipinski definition) is 5. The van der Waals surface area contributed by atoms with Gasteiger partial charge in [-0.3, -0.25) is 4.90 Å². The van der Waals surface area contributed by atoms with Crippen molar-refractivity contribution in [2.45, 2.75) is 32.0 Å². The normalized spacial score (nSPS) is 25.0. The van der Waals surface area contributed by atoms with Crippen molar-refractivity contribution in [3.8, 4) is 0 Å². The summed E-state index contributed by atoms with van der Waals surface area (Å²) in [5.74, 6) is 1.78. The lowest BCUT2D eigenvalue weighted by atomic mass is 10.0. The van der Waals surface area contributed by atoms with E-state index < -0.39 is 0 Å². The quantitative estimate of drug-likeness (QED) is 0.826. The summed E-state index contributed by atoms with van der Waals surface area (Å²) in [5, 5.41) is 9.20. The number of nitrogens with zero attached hydrogens (tertiary/aromatic N) is 1. The Hall–Kier alpha value is -0.880. The average Bonchev–Trinajstić information content (AvgIpc) is 2.75. The molecular formula is C13H22N2O3. The zero-order valence-electron chi connectivity index (χ0n) is 11.0.